The molecule has 9 heteroatoms. The van der Waals surface area contributed by atoms with Crippen LogP contribution in [0.1, 0.15) is 15.9 Å². The Morgan fingerprint density at radius 2 is 1.71 bits per heavy atom. The standard InChI is InChI=1S/C19H19F2NO6/c1-25-14-6-4-13(5-7-14)18(24)22-10-17(23)27-11-12-3-8-15(28-19(20)21)16(9-12)26-2/h3-9,19H,10-11H2,1-2H3,(H,22,24). The number of carbonyl (C=O) groups excluding carboxylic acids is 2. The van der Waals surface area contributed by atoms with Crippen LogP contribution < -0.4 is 19.5 Å². The summed E-state index contributed by atoms with van der Waals surface area (Å²) in [6, 6.07) is 10.6. The molecule has 0 bridgehead atoms. The van der Waals surface area contributed by atoms with Gasteiger partial charge in [0.05, 0.1) is 14.2 Å². The second-order valence-corrected chi connectivity index (χ2v) is 5.44. The Hall–Kier alpha value is -3.36. The smallest absolute Gasteiger partial charge is 0.387 e. The Morgan fingerprint density at radius 3 is 2.32 bits per heavy atom. The van der Waals surface area contributed by atoms with Crippen molar-refractivity contribution in [2.45, 2.75) is 13.2 Å². The summed E-state index contributed by atoms with van der Waals surface area (Å²) in [7, 11) is 2.82. The molecule has 0 aliphatic carbocycles. The SMILES string of the molecule is COc1ccc(C(=O)NCC(=O)OCc2ccc(OC(F)F)c(OC)c2)cc1. The predicted molar refractivity (Wildman–Crippen MR) is 94.7 cm³/mol. The maximum Gasteiger partial charge on any atom is 0.387 e. The monoisotopic (exact) mass is 395 g/mol. The summed E-state index contributed by atoms with van der Waals surface area (Å²) in [6.07, 6.45) is 0. The lowest BCUT2D eigenvalue weighted by molar-refractivity contribution is -0.143. The molecule has 0 aromatic heterocycles. The first-order chi connectivity index (χ1) is 13.4. The number of carbonyl (C=O) groups is 2. The number of methoxy groups -OCH3 is 2. The maximum absolute atomic E-state index is 12.3. The molecule has 0 saturated carbocycles. The summed E-state index contributed by atoms with van der Waals surface area (Å²) in [4.78, 5) is 23.8. The van der Waals surface area contributed by atoms with Crippen molar-refractivity contribution in [3.05, 3.63) is 53.6 Å². The Kier molecular flexibility index (Phi) is 7.55. The van der Waals surface area contributed by atoms with Gasteiger partial charge in [0.1, 0.15) is 18.9 Å². The van der Waals surface area contributed by atoms with Crippen LogP contribution in [0.15, 0.2) is 42.5 Å². The van der Waals surface area contributed by atoms with Crippen molar-refractivity contribution in [1.29, 1.82) is 0 Å². The fourth-order valence-corrected chi connectivity index (χ4v) is 2.21. The van der Waals surface area contributed by atoms with Crippen LogP contribution in [0, 0.1) is 0 Å². The van der Waals surface area contributed by atoms with Gasteiger partial charge in [0.2, 0.25) is 0 Å². The highest BCUT2D eigenvalue weighted by Crippen LogP contribution is 2.29. The number of esters is 1. The van der Waals surface area contributed by atoms with Crippen molar-refractivity contribution in [2.24, 2.45) is 0 Å². The molecule has 0 aliphatic heterocycles. The minimum Gasteiger partial charge on any atom is -0.497 e. The van der Waals surface area contributed by atoms with Gasteiger partial charge in [0.15, 0.2) is 11.5 Å². The largest absolute Gasteiger partial charge is 0.497 e. The van der Waals surface area contributed by atoms with Crippen LogP contribution in [-0.2, 0) is 16.1 Å². The molecule has 0 radical (unpaired) electrons. The summed E-state index contributed by atoms with van der Waals surface area (Å²) >= 11 is 0. The Labute approximate surface area is 160 Å². The summed E-state index contributed by atoms with van der Waals surface area (Å²) in [5.74, 6) is -0.527. The van der Waals surface area contributed by atoms with Gasteiger partial charge in [0.25, 0.3) is 5.91 Å². The van der Waals surface area contributed by atoms with E-state index in [2.05, 4.69) is 10.1 Å². The van der Waals surface area contributed by atoms with Crippen molar-refractivity contribution >= 4 is 11.9 Å². The zero-order chi connectivity index (χ0) is 20.5. The third-order valence-electron chi connectivity index (χ3n) is 3.59. The van der Waals surface area contributed by atoms with Gasteiger partial charge in [-0.05, 0) is 42.0 Å². The van der Waals surface area contributed by atoms with E-state index >= 15 is 0 Å². The fraction of sp³-hybridized carbons (Fsp3) is 0.263. The number of nitrogens with one attached hydrogen (secondary N) is 1. The van der Waals surface area contributed by atoms with E-state index in [0.29, 0.717) is 16.9 Å². The van der Waals surface area contributed by atoms with E-state index in [4.69, 9.17) is 14.2 Å². The number of halogens is 2. The highest BCUT2D eigenvalue weighted by molar-refractivity contribution is 5.96. The zero-order valence-corrected chi connectivity index (χ0v) is 15.2. The fourth-order valence-electron chi connectivity index (χ4n) is 2.21. The van der Waals surface area contributed by atoms with E-state index < -0.39 is 18.5 Å². The number of hydrogen-bond donors (Lipinski definition) is 1. The van der Waals surface area contributed by atoms with Crippen molar-refractivity contribution in [2.75, 3.05) is 20.8 Å². The molecule has 150 valence electrons. The van der Waals surface area contributed by atoms with Gasteiger partial charge in [-0.1, -0.05) is 6.07 Å². The van der Waals surface area contributed by atoms with Crippen LogP contribution in [0.25, 0.3) is 0 Å². The van der Waals surface area contributed by atoms with Crippen molar-refractivity contribution in [1.82, 2.24) is 5.32 Å². The molecule has 28 heavy (non-hydrogen) atoms. The second kappa shape index (κ2) is 10.1. The van der Waals surface area contributed by atoms with Gasteiger partial charge < -0.3 is 24.3 Å². The Balaban J connectivity index is 1.83. The van der Waals surface area contributed by atoms with Gasteiger partial charge >= 0.3 is 12.6 Å². The van der Waals surface area contributed by atoms with E-state index in [-0.39, 0.29) is 24.7 Å². The molecule has 2 aromatic rings. The zero-order valence-electron chi connectivity index (χ0n) is 15.2. The van der Waals surface area contributed by atoms with Gasteiger partial charge in [-0.15, -0.1) is 0 Å². The number of ether oxygens (including phenoxy) is 4. The van der Waals surface area contributed by atoms with Crippen LogP contribution in [0.2, 0.25) is 0 Å². The van der Waals surface area contributed by atoms with Crippen molar-refractivity contribution in [3.8, 4) is 17.2 Å². The number of amides is 1. The summed E-state index contributed by atoms with van der Waals surface area (Å²) in [5, 5.41) is 2.44. The van der Waals surface area contributed by atoms with Gasteiger partial charge in [-0.3, -0.25) is 9.59 Å². The average molecular weight is 395 g/mol. The normalized spacial score (nSPS) is 10.3. The van der Waals surface area contributed by atoms with Crippen LogP contribution in [0.3, 0.4) is 0 Å². The molecule has 0 heterocycles. The number of hydrogen-bond acceptors (Lipinski definition) is 6. The van der Waals surface area contributed by atoms with Crippen LogP contribution in [0.5, 0.6) is 17.2 Å². The van der Waals surface area contributed by atoms with Crippen LogP contribution >= 0.6 is 0 Å². The predicted octanol–water partition coefficient (Wildman–Crippen LogP) is 2.78. The lowest BCUT2D eigenvalue weighted by atomic mass is 10.2. The molecule has 1 N–H and O–H groups in total. The minimum atomic E-state index is -2.98. The molecule has 0 aliphatic rings. The molecule has 0 spiro atoms. The van der Waals surface area contributed by atoms with Crippen LogP contribution in [-0.4, -0.2) is 39.3 Å². The quantitative estimate of drug-likeness (QED) is 0.658. The third kappa shape index (κ3) is 6.11. The van der Waals surface area contributed by atoms with E-state index in [1.54, 1.807) is 24.3 Å². The van der Waals surface area contributed by atoms with Gasteiger partial charge in [-0.2, -0.15) is 8.78 Å². The first kappa shape index (κ1) is 20.9. The second-order valence-electron chi connectivity index (χ2n) is 5.44. The molecule has 0 unspecified atom stereocenters. The molecule has 2 aromatic carbocycles. The lowest BCUT2D eigenvalue weighted by Crippen LogP contribution is -2.30. The minimum absolute atomic E-state index is 0.0849. The van der Waals surface area contributed by atoms with E-state index in [1.807, 2.05) is 0 Å². The molecule has 0 fully saturated rings. The highest BCUT2D eigenvalue weighted by atomic mass is 19.3. The lowest BCUT2D eigenvalue weighted by Gasteiger charge is -2.12. The van der Waals surface area contributed by atoms with Crippen molar-refractivity contribution < 1.29 is 37.3 Å². The summed E-state index contributed by atoms with van der Waals surface area (Å²) < 4.78 is 44.0. The molecule has 0 atom stereocenters. The van der Waals surface area contributed by atoms with Crippen LogP contribution in [0.4, 0.5) is 8.78 Å². The maximum atomic E-state index is 12.3. The number of alkyl halides is 2. The first-order valence-electron chi connectivity index (χ1n) is 8.12. The topological polar surface area (TPSA) is 83.1 Å². The third-order valence-corrected chi connectivity index (χ3v) is 3.59. The summed E-state index contributed by atoms with van der Waals surface area (Å²) in [5.41, 5.74) is 0.876. The van der Waals surface area contributed by atoms with E-state index in [1.165, 1.54) is 32.4 Å². The average Bonchev–Trinajstić information content (AvgIpc) is 2.70. The van der Waals surface area contributed by atoms with Crippen molar-refractivity contribution in [3.63, 3.8) is 0 Å². The van der Waals surface area contributed by atoms with Gasteiger partial charge in [0, 0.05) is 5.56 Å². The number of benzene rings is 2. The molecule has 1 amide bonds. The molecular weight excluding hydrogens is 376 g/mol. The highest BCUT2D eigenvalue weighted by Gasteiger charge is 2.13. The van der Waals surface area contributed by atoms with E-state index in [0.717, 1.165) is 0 Å². The van der Waals surface area contributed by atoms with Gasteiger partial charge in [-0.25, -0.2) is 0 Å². The summed E-state index contributed by atoms with van der Waals surface area (Å²) in [6.45, 7) is -3.43. The Morgan fingerprint density at radius 1 is 1.00 bits per heavy atom. The molecular formula is C19H19F2NO6. The molecule has 7 nitrogen and oxygen atoms in total. The molecule has 2 rings (SSSR count). The first-order valence-corrected chi connectivity index (χ1v) is 8.12. The number of rotatable bonds is 9. The Bertz CT molecular complexity index is 811. The van der Waals surface area contributed by atoms with E-state index in [9.17, 15) is 18.4 Å². The molecule has 0 saturated heterocycles.